The summed E-state index contributed by atoms with van der Waals surface area (Å²) in [5, 5.41) is 3.93. The van der Waals surface area contributed by atoms with E-state index in [9.17, 15) is 4.39 Å². The summed E-state index contributed by atoms with van der Waals surface area (Å²) in [7, 11) is 1.68. The van der Waals surface area contributed by atoms with Gasteiger partial charge in [-0.2, -0.15) is 0 Å². The van der Waals surface area contributed by atoms with E-state index >= 15 is 0 Å². The topological polar surface area (TPSA) is 21.3 Å². The molecule has 2 nitrogen and oxygen atoms in total. The van der Waals surface area contributed by atoms with Crippen LogP contribution in [0.3, 0.4) is 0 Å². The van der Waals surface area contributed by atoms with Crippen molar-refractivity contribution in [1.29, 1.82) is 0 Å². The van der Waals surface area contributed by atoms with E-state index in [1.165, 1.54) is 6.07 Å². The van der Waals surface area contributed by atoms with E-state index < -0.39 is 0 Å². The van der Waals surface area contributed by atoms with E-state index in [0.29, 0.717) is 17.2 Å². The average Bonchev–Trinajstić information content (AvgIpc) is 2.37. The summed E-state index contributed by atoms with van der Waals surface area (Å²) in [5.74, 6) is -0.203. The van der Waals surface area contributed by atoms with Gasteiger partial charge in [-0.05, 0) is 44.0 Å². The summed E-state index contributed by atoms with van der Waals surface area (Å²) < 4.78 is 18.9. The Morgan fingerprint density at radius 2 is 2.22 bits per heavy atom. The molecular weight excluding hydrogens is 253 g/mol. The Balaban J connectivity index is 2.75. The number of halogens is 2. The van der Waals surface area contributed by atoms with Crippen LogP contribution < -0.4 is 5.32 Å². The molecule has 0 bridgehead atoms. The Morgan fingerprint density at radius 3 is 2.89 bits per heavy atom. The van der Waals surface area contributed by atoms with Crippen molar-refractivity contribution >= 4 is 11.6 Å². The minimum Gasteiger partial charge on any atom is -0.385 e. The first kappa shape index (κ1) is 15.4. The second-order valence-corrected chi connectivity index (χ2v) is 4.74. The third-order valence-corrected chi connectivity index (χ3v) is 3.05. The molecule has 0 amide bonds. The van der Waals surface area contributed by atoms with Crippen LogP contribution in [0.1, 0.15) is 37.8 Å². The van der Waals surface area contributed by atoms with Crippen molar-refractivity contribution in [3.63, 3.8) is 0 Å². The molecule has 0 heterocycles. The zero-order valence-corrected chi connectivity index (χ0v) is 11.8. The average molecular weight is 274 g/mol. The van der Waals surface area contributed by atoms with Gasteiger partial charge in [0.25, 0.3) is 0 Å². The van der Waals surface area contributed by atoms with Gasteiger partial charge in [0.15, 0.2) is 0 Å². The molecule has 1 aromatic carbocycles. The molecule has 1 N–H and O–H groups in total. The van der Waals surface area contributed by atoms with Crippen molar-refractivity contribution in [1.82, 2.24) is 5.32 Å². The quantitative estimate of drug-likeness (QED) is 0.724. The zero-order valence-electron chi connectivity index (χ0n) is 11.0. The van der Waals surface area contributed by atoms with Crippen molar-refractivity contribution in [2.45, 2.75) is 32.2 Å². The van der Waals surface area contributed by atoms with Gasteiger partial charge in [0.2, 0.25) is 0 Å². The largest absolute Gasteiger partial charge is 0.385 e. The van der Waals surface area contributed by atoms with E-state index in [-0.39, 0.29) is 11.9 Å². The lowest BCUT2D eigenvalue weighted by Crippen LogP contribution is -2.23. The molecule has 102 valence electrons. The Bertz CT molecular complexity index is 360. The third kappa shape index (κ3) is 4.92. The molecule has 0 aliphatic carbocycles. The Kier molecular flexibility index (Phi) is 7.25. The maximum Gasteiger partial charge on any atom is 0.128 e. The van der Waals surface area contributed by atoms with Crippen LogP contribution in [0.5, 0.6) is 0 Å². The van der Waals surface area contributed by atoms with Gasteiger partial charge in [0, 0.05) is 30.3 Å². The number of nitrogens with one attached hydrogen (secondary N) is 1. The number of hydrogen-bond acceptors (Lipinski definition) is 2. The highest BCUT2D eigenvalue weighted by atomic mass is 35.5. The van der Waals surface area contributed by atoms with Crippen molar-refractivity contribution in [3.05, 3.63) is 34.6 Å². The minimum absolute atomic E-state index is 0.00111. The molecule has 0 saturated carbocycles. The number of rotatable bonds is 8. The fourth-order valence-electron chi connectivity index (χ4n) is 1.90. The second kappa shape index (κ2) is 8.46. The highest BCUT2D eigenvalue weighted by Gasteiger charge is 2.15. The Hall–Kier alpha value is -0.640. The van der Waals surface area contributed by atoms with Gasteiger partial charge in [0.1, 0.15) is 5.82 Å². The number of ether oxygens (including phenoxy) is 1. The summed E-state index contributed by atoms with van der Waals surface area (Å²) in [5.41, 5.74) is 0.645. The fourth-order valence-corrected chi connectivity index (χ4v) is 2.08. The fraction of sp³-hybridized carbons (Fsp3) is 0.571. The summed E-state index contributed by atoms with van der Waals surface area (Å²) in [6.07, 6.45) is 2.75. The molecule has 1 rings (SSSR count). The van der Waals surface area contributed by atoms with Crippen LogP contribution in [-0.4, -0.2) is 20.3 Å². The first-order chi connectivity index (χ1) is 8.69. The van der Waals surface area contributed by atoms with E-state index in [1.807, 2.05) is 0 Å². The van der Waals surface area contributed by atoms with Crippen LogP contribution in [0, 0.1) is 5.82 Å². The number of hydrogen-bond donors (Lipinski definition) is 1. The number of methoxy groups -OCH3 is 1. The Labute approximate surface area is 113 Å². The molecule has 1 atom stereocenters. The van der Waals surface area contributed by atoms with Gasteiger partial charge < -0.3 is 10.1 Å². The lowest BCUT2D eigenvalue weighted by molar-refractivity contribution is 0.188. The molecule has 1 aromatic rings. The van der Waals surface area contributed by atoms with Crippen LogP contribution in [0.25, 0.3) is 0 Å². The zero-order chi connectivity index (χ0) is 13.4. The van der Waals surface area contributed by atoms with Gasteiger partial charge >= 0.3 is 0 Å². The van der Waals surface area contributed by atoms with E-state index in [2.05, 4.69) is 12.2 Å². The summed E-state index contributed by atoms with van der Waals surface area (Å²) in [6.45, 7) is 3.64. The SMILES string of the molecule is CCCNC(CCCOC)c1cc(Cl)ccc1F. The normalized spacial score (nSPS) is 12.7. The van der Waals surface area contributed by atoms with Crippen LogP contribution in [0.2, 0.25) is 5.02 Å². The smallest absolute Gasteiger partial charge is 0.128 e. The summed E-state index contributed by atoms with van der Waals surface area (Å²) in [6, 6.07) is 4.71. The highest BCUT2D eigenvalue weighted by Crippen LogP contribution is 2.24. The first-order valence-electron chi connectivity index (χ1n) is 6.36. The van der Waals surface area contributed by atoms with Gasteiger partial charge in [-0.25, -0.2) is 4.39 Å². The Morgan fingerprint density at radius 1 is 1.44 bits per heavy atom. The standard InChI is InChI=1S/C14H21ClFNO/c1-3-8-17-14(5-4-9-18-2)12-10-11(15)6-7-13(12)16/h6-7,10,14,17H,3-5,8-9H2,1-2H3. The van der Waals surface area contributed by atoms with E-state index in [4.69, 9.17) is 16.3 Å². The van der Waals surface area contributed by atoms with Crippen LogP contribution >= 0.6 is 11.6 Å². The molecule has 0 spiro atoms. The van der Waals surface area contributed by atoms with E-state index in [1.54, 1.807) is 19.2 Å². The third-order valence-electron chi connectivity index (χ3n) is 2.82. The van der Waals surface area contributed by atoms with Crippen LogP contribution in [0.15, 0.2) is 18.2 Å². The van der Waals surface area contributed by atoms with Crippen molar-refractivity contribution in [2.24, 2.45) is 0 Å². The van der Waals surface area contributed by atoms with Crippen LogP contribution in [0.4, 0.5) is 4.39 Å². The predicted octanol–water partition coefficient (Wildman–Crippen LogP) is 3.95. The van der Waals surface area contributed by atoms with Crippen molar-refractivity contribution < 1.29 is 9.13 Å². The van der Waals surface area contributed by atoms with Gasteiger partial charge in [0.05, 0.1) is 0 Å². The van der Waals surface area contributed by atoms with Gasteiger partial charge in [-0.15, -0.1) is 0 Å². The number of benzene rings is 1. The van der Waals surface area contributed by atoms with Crippen molar-refractivity contribution in [3.8, 4) is 0 Å². The maximum absolute atomic E-state index is 13.8. The van der Waals surface area contributed by atoms with Gasteiger partial charge in [-0.3, -0.25) is 0 Å². The summed E-state index contributed by atoms with van der Waals surface area (Å²) in [4.78, 5) is 0. The minimum atomic E-state index is -0.203. The van der Waals surface area contributed by atoms with Crippen LogP contribution in [-0.2, 0) is 4.74 Å². The molecular formula is C14H21ClFNO. The lowest BCUT2D eigenvalue weighted by Gasteiger charge is -2.19. The molecule has 4 heteroatoms. The summed E-state index contributed by atoms with van der Waals surface area (Å²) >= 11 is 5.94. The monoisotopic (exact) mass is 273 g/mol. The maximum atomic E-state index is 13.8. The highest BCUT2D eigenvalue weighted by molar-refractivity contribution is 6.30. The molecule has 0 fully saturated rings. The molecule has 0 saturated heterocycles. The first-order valence-corrected chi connectivity index (χ1v) is 6.74. The molecule has 0 aliphatic rings. The molecule has 0 radical (unpaired) electrons. The molecule has 0 aliphatic heterocycles. The van der Waals surface area contributed by atoms with Crippen molar-refractivity contribution in [2.75, 3.05) is 20.3 Å². The van der Waals surface area contributed by atoms with Gasteiger partial charge in [-0.1, -0.05) is 18.5 Å². The predicted molar refractivity (Wildman–Crippen MR) is 73.6 cm³/mol. The molecule has 0 aromatic heterocycles. The second-order valence-electron chi connectivity index (χ2n) is 4.31. The molecule has 1 unspecified atom stereocenters. The molecule has 18 heavy (non-hydrogen) atoms. The lowest BCUT2D eigenvalue weighted by atomic mass is 10.0. The van der Waals surface area contributed by atoms with E-state index in [0.717, 1.165) is 25.8 Å².